The van der Waals surface area contributed by atoms with E-state index in [0.717, 1.165) is 31.5 Å². The summed E-state index contributed by atoms with van der Waals surface area (Å²) in [4.78, 5) is 10.5. The normalized spacial score (nSPS) is 15.8. The maximum atomic E-state index is 13.3. The fraction of sp³-hybridized carbons (Fsp3) is 0.500. The van der Waals surface area contributed by atoms with Gasteiger partial charge in [-0.2, -0.15) is 8.99 Å². The third-order valence-corrected chi connectivity index (χ3v) is 6.89. The van der Waals surface area contributed by atoms with E-state index < -0.39 is 14.9 Å². The van der Waals surface area contributed by atoms with Crippen molar-refractivity contribution >= 4 is 15.8 Å². The van der Waals surface area contributed by atoms with E-state index >= 15 is 0 Å². The molecule has 0 aliphatic carbocycles. The zero-order chi connectivity index (χ0) is 20.1. The molecule has 1 aromatic heterocycles. The van der Waals surface area contributed by atoms with Crippen LogP contribution in [0.4, 0.5) is 5.82 Å². The minimum Gasteiger partial charge on any atom is -0.358 e. The number of aromatic nitrogens is 2. The number of sulfonamides is 1. The summed E-state index contributed by atoms with van der Waals surface area (Å²) in [6.07, 6.45) is 3.59. The van der Waals surface area contributed by atoms with Crippen LogP contribution in [0.25, 0.3) is 0 Å². The van der Waals surface area contributed by atoms with E-state index in [9.17, 15) is 18.5 Å². The van der Waals surface area contributed by atoms with E-state index in [1.807, 2.05) is 6.92 Å². The first kappa shape index (κ1) is 20.4. The van der Waals surface area contributed by atoms with Crippen LogP contribution in [-0.4, -0.2) is 53.1 Å². The van der Waals surface area contributed by atoms with E-state index in [4.69, 9.17) is 0 Å². The first-order valence-electron chi connectivity index (χ1n) is 9.35. The van der Waals surface area contributed by atoms with E-state index in [1.54, 1.807) is 34.8 Å². The van der Waals surface area contributed by atoms with E-state index in [1.165, 1.54) is 10.7 Å². The molecule has 0 unspecified atom stereocenters. The molecule has 2 aromatic rings. The van der Waals surface area contributed by atoms with Gasteiger partial charge in [-0.25, -0.2) is 8.42 Å². The van der Waals surface area contributed by atoms with Gasteiger partial charge in [-0.15, -0.1) is 0 Å². The van der Waals surface area contributed by atoms with Gasteiger partial charge in [0.1, 0.15) is 0 Å². The summed E-state index contributed by atoms with van der Waals surface area (Å²) in [6, 6.07) is 8.19. The lowest BCUT2D eigenvalue weighted by atomic mass is 10.1. The molecule has 152 valence electrons. The number of nitrogens with zero attached hydrogens (tertiary/aromatic N) is 4. The molecule has 10 heteroatoms. The number of hydrogen-bond donors (Lipinski definition) is 1. The SMILES string of the molecule is Cc1ccc(S(=O)(=O)N(CCCn2ccc([N+](=O)[O-])n2)C2CCNCC2)cc1. The molecular weight excluding hydrogens is 382 g/mol. The first-order chi connectivity index (χ1) is 13.4. The second-order valence-corrected chi connectivity index (χ2v) is 8.85. The van der Waals surface area contributed by atoms with Gasteiger partial charge in [0.15, 0.2) is 0 Å². The quantitative estimate of drug-likeness (QED) is 0.529. The highest BCUT2D eigenvalue weighted by Crippen LogP contribution is 2.23. The smallest absolute Gasteiger partial charge is 0.358 e. The predicted molar refractivity (Wildman–Crippen MR) is 104 cm³/mol. The highest BCUT2D eigenvalue weighted by Gasteiger charge is 2.32. The van der Waals surface area contributed by atoms with Crippen LogP contribution >= 0.6 is 0 Å². The van der Waals surface area contributed by atoms with Crippen molar-refractivity contribution in [1.29, 1.82) is 0 Å². The number of nitro groups is 1. The Hall–Kier alpha value is -2.30. The Morgan fingerprint density at radius 2 is 1.93 bits per heavy atom. The minimum atomic E-state index is -3.61. The summed E-state index contributed by atoms with van der Waals surface area (Å²) in [5, 5.41) is 17.9. The summed E-state index contributed by atoms with van der Waals surface area (Å²) in [5.41, 5.74) is 1.01. The number of benzene rings is 1. The first-order valence-corrected chi connectivity index (χ1v) is 10.8. The molecule has 28 heavy (non-hydrogen) atoms. The molecule has 1 N–H and O–H groups in total. The van der Waals surface area contributed by atoms with Crippen molar-refractivity contribution in [2.45, 2.75) is 43.7 Å². The van der Waals surface area contributed by atoms with Crippen molar-refractivity contribution in [1.82, 2.24) is 19.4 Å². The number of aryl methyl sites for hydroxylation is 2. The Kier molecular flexibility index (Phi) is 6.42. The summed E-state index contributed by atoms with van der Waals surface area (Å²) < 4.78 is 29.6. The van der Waals surface area contributed by atoms with Gasteiger partial charge in [0, 0.05) is 12.6 Å². The zero-order valence-electron chi connectivity index (χ0n) is 15.8. The zero-order valence-corrected chi connectivity index (χ0v) is 16.6. The van der Waals surface area contributed by atoms with Gasteiger partial charge < -0.3 is 15.4 Å². The molecule has 3 rings (SSSR count). The Morgan fingerprint density at radius 1 is 1.25 bits per heavy atom. The largest absolute Gasteiger partial charge is 0.389 e. The molecule has 0 bridgehead atoms. The second-order valence-electron chi connectivity index (χ2n) is 6.96. The maximum Gasteiger partial charge on any atom is 0.389 e. The topological polar surface area (TPSA) is 110 Å². The average molecular weight is 407 g/mol. The van der Waals surface area contributed by atoms with Crippen LogP contribution in [0, 0.1) is 17.0 Å². The van der Waals surface area contributed by atoms with Gasteiger partial charge in [-0.1, -0.05) is 17.7 Å². The van der Waals surface area contributed by atoms with Crippen LogP contribution in [-0.2, 0) is 16.6 Å². The van der Waals surface area contributed by atoms with Crippen LogP contribution in [0.15, 0.2) is 41.4 Å². The van der Waals surface area contributed by atoms with Crippen molar-refractivity contribution in [2.75, 3.05) is 19.6 Å². The van der Waals surface area contributed by atoms with Gasteiger partial charge in [0.25, 0.3) is 0 Å². The fourth-order valence-electron chi connectivity index (χ4n) is 3.40. The summed E-state index contributed by atoms with van der Waals surface area (Å²) in [6.45, 7) is 4.25. The lowest BCUT2D eigenvalue weighted by Gasteiger charge is -2.33. The van der Waals surface area contributed by atoms with Crippen molar-refractivity contribution in [3.05, 3.63) is 52.2 Å². The summed E-state index contributed by atoms with van der Waals surface area (Å²) in [5.74, 6) is -0.206. The van der Waals surface area contributed by atoms with Crippen molar-refractivity contribution in [2.24, 2.45) is 0 Å². The van der Waals surface area contributed by atoms with E-state index in [-0.39, 0.29) is 11.9 Å². The van der Waals surface area contributed by atoms with Gasteiger partial charge in [-0.05, 0) is 56.3 Å². The fourth-order valence-corrected chi connectivity index (χ4v) is 5.12. The van der Waals surface area contributed by atoms with Crippen LogP contribution in [0.2, 0.25) is 0 Å². The van der Waals surface area contributed by atoms with Crippen molar-refractivity contribution < 1.29 is 13.3 Å². The average Bonchev–Trinajstić information content (AvgIpc) is 3.15. The van der Waals surface area contributed by atoms with Crippen LogP contribution < -0.4 is 5.32 Å². The third kappa shape index (κ3) is 4.75. The summed E-state index contributed by atoms with van der Waals surface area (Å²) >= 11 is 0. The van der Waals surface area contributed by atoms with E-state index in [0.29, 0.717) is 24.4 Å². The molecule has 1 fully saturated rings. The minimum absolute atomic E-state index is 0.0560. The Bertz CT molecular complexity index is 904. The molecule has 1 saturated heterocycles. The molecule has 2 heterocycles. The molecule has 1 aliphatic rings. The lowest BCUT2D eigenvalue weighted by Crippen LogP contribution is -2.46. The molecule has 0 atom stereocenters. The highest BCUT2D eigenvalue weighted by atomic mass is 32.2. The van der Waals surface area contributed by atoms with Crippen molar-refractivity contribution in [3.8, 4) is 0 Å². The Morgan fingerprint density at radius 3 is 2.54 bits per heavy atom. The molecule has 0 spiro atoms. The number of piperidine rings is 1. The molecule has 0 amide bonds. The molecule has 1 aromatic carbocycles. The predicted octanol–water partition coefficient (Wildman–Crippen LogP) is 1.93. The number of rotatable bonds is 8. The summed E-state index contributed by atoms with van der Waals surface area (Å²) in [7, 11) is -3.61. The van der Waals surface area contributed by atoms with Gasteiger partial charge in [0.05, 0.1) is 28.8 Å². The van der Waals surface area contributed by atoms with Crippen molar-refractivity contribution in [3.63, 3.8) is 0 Å². The van der Waals surface area contributed by atoms with Gasteiger partial charge in [0.2, 0.25) is 10.0 Å². The highest BCUT2D eigenvalue weighted by molar-refractivity contribution is 7.89. The van der Waals surface area contributed by atoms with Gasteiger partial charge >= 0.3 is 5.82 Å². The van der Waals surface area contributed by atoms with Crippen LogP contribution in [0.3, 0.4) is 0 Å². The van der Waals surface area contributed by atoms with Crippen LogP contribution in [0.1, 0.15) is 24.8 Å². The molecule has 0 radical (unpaired) electrons. The standard InChI is InChI=1S/C18H25N5O4S/c1-15-3-5-17(6-4-15)28(26,27)22(16-7-10-19-11-8-16)13-2-12-21-14-9-18(20-21)23(24)25/h3-6,9,14,16,19H,2,7-8,10-13H2,1H3. The Balaban J connectivity index is 1.74. The molecule has 9 nitrogen and oxygen atoms in total. The lowest BCUT2D eigenvalue weighted by molar-refractivity contribution is -0.389. The Labute approximate surface area is 164 Å². The van der Waals surface area contributed by atoms with Gasteiger partial charge in [-0.3, -0.25) is 0 Å². The van der Waals surface area contributed by atoms with E-state index in [2.05, 4.69) is 10.4 Å². The maximum absolute atomic E-state index is 13.3. The molecular formula is C18H25N5O4S. The molecule has 1 aliphatic heterocycles. The second kappa shape index (κ2) is 8.80. The monoisotopic (exact) mass is 407 g/mol. The molecule has 0 saturated carbocycles. The number of hydrogen-bond acceptors (Lipinski definition) is 6. The van der Waals surface area contributed by atoms with Crippen LogP contribution in [0.5, 0.6) is 0 Å². The third-order valence-electron chi connectivity index (χ3n) is 4.92. The number of nitrogens with one attached hydrogen (secondary N) is 1.